The zero-order chi connectivity index (χ0) is 33.6. The molecule has 0 saturated heterocycles. The highest BCUT2D eigenvalue weighted by Crippen LogP contribution is 2.60. The summed E-state index contributed by atoms with van der Waals surface area (Å²) in [4.78, 5) is 28.4. The van der Waals surface area contributed by atoms with E-state index in [1.54, 1.807) is 35.7 Å². The highest BCUT2D eigenvalue weighted by atomic mass is 31.2. The number of rotatable bonds is 6. The van der Waals surface area contributed by atoms with E-state index >= 15 is 8.78 Å². The van der Waals surface area contributed by atoms with Crippen molar-refractivity contribution < 1.29 is 37.1 Å². The van der Waals surface area contributed by atoms with Gasteiger partial charge in [-0.2, -0.15) is 4.58 Å². The number of carboxylic acid groups (broad SMARTS) is 1. The third-order valence-corrected chi connectivity index (χ3v) is 10.2. The summed E-state index contributed by atoms with van der Waals surface area (Å²) in [6, 6.07) is 22.6. The van der Waals surface area contributed by atoms with Crippen molar-refractivity contribution in [1.82, 2.24) is 0 Å². The average molecular weight is 655 g/mol. The molecule has 234 valence electrons. The van der Waals surface area contributed by atoms with Gasteiger partial charge >= 0.3 is 5.97 Å². The Morgan fingerprint density at radius 3 is 2.23 bits per heavy atom. The molecule has 0 saturated carbocycles. The lowest BCUT2D eigenvalue weighted by atomic mass is 9.86. The van der Waals surface area contributed by atoms with Crippen LogP contribution in [0.2, 0.25) is 0 Å². The number of azide groups is 1. The third kappa shape index (κ3) is 5.14. The Hall–Kier alpha value is -5.67. The van der Waals surface area contributed by atoms with E-state index in [0.29, 0.717) is 11.4 Å². The Labute approximate surface area is 266 Å². The summed E-state index contributed by atoms with van der Waals surface area (Å²) in [7, 11) is -1.07. The minimum atomic E-state index is -4.53. The van der Waals surface area contributed by atoms with Crippen LogP contribution in [0, 0.1) is 17.5 Å². The van der Waals surface area contributed by atoms with E-state index < -0.39 is 47.6 Å². The van der Waals surface area contributed by atoms with Gasteiger partial charge < -0.3 is 14.9 Å². The Kier molecular flexibility index (Phi) is 7.95. The van der Waals surface area contributed by atoms with Gasteiger partial charge in [-0.1, -0.05) is 47.6 Å². The van der Waals surface area contributed by atoms with Gasteiger partial charge in [-0.15, -0.1) is 0 Å². The number of allylic oxidation sites excluding steroid dienone is 5. The van der Waals surface area contributed by atoms with Crippen LogP contribution in [0.15, 0.2) is 113 Å². The minimum absolute atomic E-state index is 0.0861. The summed E-state index contributed by atoms with van der Waals surface area (Å²) in [5.74, 6) is -7.58. The van der Waals surface area contributed by atoms with Gasteiger partial charge in [0.15, 0.2) is 11.6 Å². The smallest absolute Gasteiger partial charge is 0.339 e. The van der Waals surface area contributed by atoms with Crippen LogP contribution in [0.3, 0.4) is 0 Å². The first-order chi connectivity index (χ1) is 22.5. The zero-order valence-electron chi connectivity index (χ0n) is 24.8. The van der Waals surface area contributed by atoms with Gasteiger partial charge in [0.2, 0.25) is 11.4 Å². The Balaban J connectivity index is 1.72. The predicted octanol–water partition coefficient (Wildman–Crippen LogP) is 8.09. The second-order valence-corrected chi connectivity index (χ2v) is 12.8. The maximum atomic E-state index is 16.2. The van der Waals surface area contributed by atoms with E-state index in [0.717, 1.165) is 11.4 Å². The molecule has 1 aliphatic heterocycles. The van der Waals surface area contributed by atoms with Crippen molar-refractivity contribution in [3.63, 3.8) is 0 Å². The SMILES string of the molecule is CN(c1ccccc1)c1ccc2c(c1)P(=O)(O)C1=CC(=[N+](C)c3ccccc3)C=CC1=C2c1c(F)c(N=[N+]=[N-])c(F)c(F)c1C(=O)O. The molecule has 9 nitrogen and oxygen atoms in total. The summed E-state index contributed by atoms with van der Waals surface area (Å²) in [5, 5.41) is 12.6. The highest BCUT2D eigenvalue weighted by molar-refractivity contribution is 7.71. The lowest BCUT2D eigenvalue weighted by molar-refractivity contribution is -0.403. The van der Waals surface area contributed by atoms with Gasteiger partial charge in [0.25, 0.3) is 7.37 Å². The molecule has 4 aromatic carbocycles. The normalized spacial score (nSPS) is 17.7. The van der Waals surface area contributed by atoms with Crippen molar-refractivity contribution in [2.24, 2.45) is 5.11 Å². The summed E-state index contributed by atoms with van der Waals surface area (Å²) in [6.07, 6.45) is 4.39. The van der Waals surface area contributed by atoms with E-state index in [2.05, 4.69) is 10.0 Å². The van der Waals surface area contributed by atoms with Crippen molar-refractivity contribution in [3.05, 3.63) is 153 Å². The number of hydrogen-bond donors (Lipinski definition) is 2. The second-order valence-electron chi connectivity index (χ2n) is 10.7. The molecule has 0 aromatic heterocycles. The summed E-state index contributed by atoms with van der Waals surface area (Å²) >= 11 is 0. The number of para-hydroxylation sites is 2. The van der Waals surface area contributed by atoms with Crippen LogP contribution in [-0.4, -0.2) is 40.4 Å². The molecular weight excluding hydrogens is 630 g/mol. The Bertz CT molecular complexity index is 2230. The van der Waals surface area contributed by atoms with E-state index in [1.807, 2.05) is 60.7 Å². The molecule has 4 aromatic rings. The van der Waals surface area contributed by atoms with Crippen LogP contribution in [-0.2, 0) is 4.57 Å². The number of fused-ring (bicyclic) bond motifs is 2. The molecule has 0 radical (unpaired) electrons. The fraction of sp³-hybridized carbons (Fsp3) is 0.0588. The van der Waals surface area contributed by atoms with Gasteiger partial charge in [-0.05, 0) is 47.0 Å². The molecule has 2 aliphatic rings. The maximum absolute atomic E-state index is 16.2. The van der Waals surface area contributed by atoms with Crippen LogP contribution >= 0.6 is 7.37 Å². The van der Waals surface area contributed by atoms with E-state index in [1.165, 1.54) is 24.3 Å². The number of halogens is 3. The van der Waals surface area contributed by atoms with Crippen molar-refractivity contribution in [1.29, 1.82) is 0 Å². The Morgan fingerprint density at radius 2 is 1.60 bits per heavy atom. The number of nitrogens with zero attached hydrogens (tertiary/aromatic N) is 5. The van der Waals surface area contributed by atoms with Crippen LogP contribution in [0.25, 0.3) is 16.0 Å². The molecular formula is C34H24F3N5O4P+. The molecule has 0 spiro atoms. The predicted molar refractivity (Wildman–Crippen MR) is 173 cm³/mol. The summed E-state index contributed by atoms with van der Waals surface area (Å²) < 4.78 is 62.9. The van der Waals surface area contributed by atoms with Crippen molar-refractivity contribution in [2.45, 2.75) is 0 Å². The number of benzene rings is 4. The molecule has 1 aliphatic carbocycles. The molecule has 1 atom stereocenters. The molecule has 47 heavy (non-hydrogen) atoms. The topological polar surface area (TPSA) is 130 Å². The molecule has 6 rings (SSSR count). The molecule has 0 fully saturated rings. The number of aromatic carboxylic acids is 1. The molecule has 0 amide bonds. The fourth-order valence-electron chi connectivity index (χ4n) is 5.74. The second kappa shape index (κ2) is 11.9. The first-order valence-electron chi connectivity index (χ1n) is 14.0. The Morgan fingerprint density at radius 1 is 0.936 bits per heavy atom. The maximum Gasteiger partial charge on any atom is 0.339 e. The van der Waals surface area contributed by atoms with Crippen LogP contribution < -0.4 is 10.2 Å². The van der Waals surface area contributed by atoms with Crippen LogP contribution in [0.5, 0.6) is 0 Å². The minimum Gasteiger partial charge on any atom is -0.478 e. The highest BCUT2D eigenvalue weighted by Gasteiger charge is 2.43. The quantitative estimate of drug-likeness (QED) is 0.0542. The number of carboxylic acids is 1. The number of anilines is 2. The van der Waals surface area contributed by atoms with Gasteiger partial charge in [-0.25, -0.2) is 18.0 Å². The van der Waals surface area contributed by atoms with Gasteiger partial charge in [0, 0.05) is 58.8 Å². The fourth-order valence-corrected chi connectivity index (χ4v) is 7.64. The first-order valence-corrected chi connectivity index (χ1v) is 15.7. The summed E-state index contributed by atoms with van der Waals surface area (Å²) in [6.45, 7) is 0. The van der Waals surface area contributed by atoms with Gasteiger partial charge in [0.05, 0.1) is 10.6 Å². The monoisotopic (exact) mass is 654 g/mol. The van der Waals surface area contributed by atoms with Crippen LogP contribution in [0.4, 0.5) is 35.9 Å². The van der Waals surface area contributed by atoms with E-state index in [9.17, 15) is 23.7 Å². The number of hydrogen-bond acceptors (Lipinski definition) is 4. The largest absolute Gasteiger partial charge is 0.478 e. The van der Waals surface area contributed by atoms with Crippen molar-refractivity contribution >= 4 is 52.7 Å². The van der Waals surface area contributed by atoms with E-state index in [4.69, 9.17) is 5.53 Å². The first kappa shape index (κ1) is 31.3. The lowest BCUT2D eigenvalue weighted by Crippen LogP contribution is -2.25. The third-order valence-electron chi connectivity index (χ3n) is 8.12. The standard InChI is InChI=1S/C34H23F3N5O4P/c1-41(19-9-5-3-6-10-19)21-13-15-23-25(17-21)47(45,46)26-18-22(42(2)20-11-7-4-8-12-20)14-16-24(26)27(23)28-29(34(43)44)30(35)32(37)33(31(28)36)39-40-38/h3-18H,1-2H3,(H-,43,44,45,46)/p+1. The van der Waals surface area contributed by atoms with Crippen LogP contribution in [0.1, 0.15) is 21.5 Å². The molecule has 1 unspecified atom stereocenters. The van der Waals surface area contributed by atoms with Crippen molar-refractivity contribution in [2.75, 3.05) is 19.0 Å². The molecule has 13 heteroatoms. The molecule has 2 N–H and O–H groups in total. The van der Waals surface area contributed by atoms with Crippen molar-refractivity contribution in [3.8, 4) is 0 Å². The summed E-state index contributed by atoms with van der Waals surface area (Å²) in [5.41, 5.74) is 7.24. The average Bonchev–Trinajstić information content (AvgIpc) is 3.08. The van der Waals surface area contributed by atoms with Gasteiger partial charge in [-0.3, -0.25) is 4.57 Å². The van der Waals surface area contributed by atoms with E-state index in [-0.39, 0.29) is 27.3 Å². The molecule has 1 heterocycles. The van der Waals surface area contributed by atoms with Gasteiger partial charge in [0.1, 0.15) is 24.1 Å². The zero-order valence-corrected chi connectivity index (χ0v) is 25.7. The lowest BCUT2D eigenvalue weighted by Gasteiger charge is -2.32. The number of carbonyl (C=O) groups is 1. The molecule has 0 bridgehead atoms.